The van der Waals surface area contributed by atoms with Gasteiger partial charge in [0.15, 0.2) is 0 Å². The Morgan fingerprint density at radius 3 is 1.67 bits per heavy atom. The first kappa shape index (κ1) is 27.2. The molecule has 0 saturated heterocycles. The van der Waals surface area contributed by atoms with Crippen molar-refractivity contribution in [3.05, 3.63) is 56.5 Å². The molecule has 0 aliphatic heterocycles. The molecule has 2 N–H and O–H groups in total. The SMILES string of the molecule is CC(C)COc1ccc(C(=O)NCC(C)NC(=O)c2ccc(OCC(C)C)c(Br)c2)cc1Br. The van der Waals surface area contributed by atoms with Crippen LogP contribution in [0.4, 0.5) is 0 Å². The van der Waals surface area contributed by atoms with Crippen LogP contribution in [-0.2, 0) is 0 Å². The van der Waals surface area contributed by atoms with Crippen LogP contribution in [-0.4, -0.2) is 37.6 Å². The summed E-state index contributed by atoms with van der Waals surface area (Å²) in [7, 11) is 0. The smallest absolute Gasteiger partial charge is 0.251 e. The maximum Gasteiger partial charge on any atom is 0.251 e. The summed E-state index contributed by atoms with van der Waals surface area (Å²) in [5.74, 6) is 1.78. The maximum absolute atomic E-state index is 12.6. The monoisotopic (exact) mass is 582 g/mol. The van der Waals surface area contributed by atoms with E-state index >= 15 is 0 Å². The van der Waals surface area contributed by atoms with Gasteiger partial charge in [-0.05, 0) is 87.0 Å². The highest BCUT2D eigenvalue weighted by atomic mass is 79.9. The molecule has 0 aliphatic carbocycles. The Morgan fingerprint density at radius 1 is 0.788 bits per heavy atom. The summed E-state index contributed by atoms with van der Waals surface area (Å²) in [4.78, 5) is 25.1. The van der Waals surface area contributed by atoms with Gasteiger partial charge in [-0.3, -0.25) is 9.59 Å². The molecule has 0 aromatic heterocycles. The molecule has 0 spiro atoms. The Bertz CT molecular complexity index is 963. The number of carbonyl (C=O) groups excluding carboxylic acids is 2. The summed E-state index contributed by atoms with van der Waals surface area (Å²) in [5.41, 5.74) is 1.02. The van der Waals surface area contributed by atoms with Crippen LogP contribution in [0.15, 0.2) is 45.3 Å². The largest absolute Gasteiger partial charge is 0.492 e. The van der Waals surface area contributed by atoms with E-state index in [4.69, 9.17) is 9.47 Å². The van der Waals surface area contributed by atoms with E-state index in [-0.39, 0.29) is 17.9 Å². The molecule has 0 heterocycles. The average molecular weight is 584 g/mol. The number of nitrogens with one attached hydrogen (secondary N) is 2. The first-order valence-corrected chi connectivity index (χ1v) is 12.6. The van der Waals surface area contributed by atoms with Gasteiger partial charge in [0.25, 0.3) is 11.8 Å². The number of halogens is 2. The van der Waals surface area contributed by atoms with Crippen molar-refractivity contribution >= 4 is 43.7 Å². The third-order valence-corrected chi connectivity index (χ3v) is 5.72. The topological polar surface area (TPSA) is 76.7 Å². The van der Waals surface area contributed by atoms with Crippen molar-refractivity contribution in [2.45, 2.75) is 40.7 Å². The molecule has 2 rings (SSSR count). The molecule has 2 aromatic carbocycles. The summed E-state index contributed by atoms with van der Waals surface area (Å²) in [6.07, 6.45) is 0. The number of hydrogen-bond acceptors (Lipinski definition) is 4. The van der Waals surface area contributed by atoms with Crippen LogP contribution in [0.2, 0.25) is 0 Å². The van der Waals surface area contributed by atoms with Gasteiger partial charge in [0.05, 0.1) is 22.2 Å². The van der Waals surface area contributed by atoms with Gasteiger partial charge >= 0.3 is 0 Å². The number of benzene rings is 2. The zero-order chi connectivity index (χ0) is 24.5. The molecular weight excluding hydrogens is 552 g/mol. The normalized spacial score (nSPS) is 11.9. The highest BCUT2D eigenvalue weighted by Crippen LogP contribution is 2.27. The van der Waals surface area contributed by atoms with Gasteiger partial charge in [-0.15, -0.1) is 0 Å². The summed E-state index contributed by atoms with van der Waals surface area (Å²) in [6.45, 7) is 11.6. The second-order valence-electron chi connectivity index (χ2n) is 8.78. The number of hydrogen-bond donors (Lipinski definition) is 2. The number of carbonyl (C=O) groups is 2. The molecule has 0 radical (unpaired) electrons. The lowest BCUT2D eigenvalue weighted by Crippen LogP contribution is -2.41. The van der Waals surface area contributed by atoms with E-state index in [1.807, 2.05) is 6.92 Å². The lowest BCUT2D eigenvalue weighted by Gasteiger charge is -2.16. The lowest BCUT2D eigenvalue weighted by molar-refractivity contribution is 0.0912. The van der Waals surface area contributed by atoms with Crippen molar-refractivity contribution < 1.29 is 19.1 Å². The Balaban J connectivity index is 1.87. The quantitative estimate of drug-likeness (QED) is 0.349. The third kappa shape index (κ3) is 9.01. The van der Waals surface area contributed by atoms with E-state index in [0.717, 1.165) is 8.95 Å². The van der Waals surface area contributed by atoms with Crippen LogP contribution >= 0.6 is 31.9 Å². The maximum atomic E-state index is 12.6. The second kappa shape index (κ2) is 13.0. The summed E-state index contributed by atoms with van der Waals surface area (Å²) in [5, 5.41) is 5.76. The minimum Gasteiger partial charge on any atom is -0.492 e. The van der Waals surface area contributed by atoms with E-state index in [0.29, 0.717) is 54.2 Å². The molecule has 0 aliphatic rings. The molecule has 1 atom stereocenters. The lowest BCUT2D eigenvalue weighted by atomic mass is 10.1. The standard InChI is InChI=1S/C25H32Br2N2O4/c1-15(2)13-32-22-8-6-18(10-20(22)26)24(30)28-12-17(5)29-25(31)19-7-9-23(21(27)11-19)33-14-16(3)4/h6-11,15-17H,12-14H2,1-5H3,(H,28,30)(H,29,31). The van der Waals surface area contributed by atoms with Gasteiger partial charge in [0.2, 0.25) is 0 Å². The van der Waals surface area contributed by atoms with Crippen molar-refractivity contribution in [1.29, 1.82) is 0 Å². The fourth-order valence-corrected chi connectivity index (χ4v) is 3.72. The Labute approximate surface area is 213 Å². The van der Waals surface area contributed by atoms with Crippen molar-refractivity contribution in [3.63, 3.8) is 0 Å². The van der Waals surface area contributed by atoms with Crippen molar-refractivity contribution in [2.24, 2.45) is 11.8 Å². The molecule has 8 heteroatoms. The molecule has 0 bridgehead atoms. The molecule has 33 heavy (non-hydrogen) atoms. The van der Waals surface area contributed by atoms with Crippen LogP contribution in [0.3, 0.4) is 0 Å². The molecule has 0 saturated carbocycles. The zero-order valence-corrected chi connectivity index (χ0v) is 22.9. The fourth-order valence-electron chi connectivity index (χ4n) is 2.74. The molecule has 1 unspecified atom stereocenters. The van der Waals surface area contributed by atoms with Gasteiger partial charge in [-0.1, -0.05) is 27.7 Å². The van der Waals surface area contributed by atoms with Crippen LogP contribution in [0.1, 0.15) is 55.3 Å². The highest BCUT2D eigenvalue weighted by molar-refractivity contribution is 9.10. The van der Waals surface area contributed by atoms with Gasteiger partial charge < -0.3 is 20.1 Å². The molecule has 2 aromatic rings. The molecule has 2 amide bonds. The Hall–Kier alpha value is -2.06. The highest BCUT2D eigenvalue weighted by Gasteiger charge is 2.15. The van der Waals surface area contributed by atoms with Crippen LogP contribution in [0, 0.1) is 11.8 Å². The summed E-state index contributed by atoms with van der Waals surface area (Å²) >= 11 is 6.92. The minimum atomic E-state index is -0.255. The van der Waals surface area contributed by atoms with Gasteiger partial charge in [-0.2, -0.15) is 0 Å². The third-order valence-electron chi connectivity index (χ3n) is 4.48. The Morgan fingerprint density at radius 2 is 1.24 bits per heavy atom. The molecular formula is C25H32Br2N2O4. The van der Waals surface area contributed by atoms with E-state index in [2.05, 4.69) is 70.2 Å². The number of rotatable bonds is 11. The Kier molecular flexibility index (Phi) is 10.7. The van der Waals surface area contributed by atoms with Crippen molar-refractivity contribution in [3.8, 4) is 11.5 Å². The first-order valence-electron chi connectivity index (χ1n) is 11.0. The predicted molar refractivity (Wildman–Crippen MR) is 138 cm³/mol. The number of ether oxygens (including phenoxy) is 2. The predicted octanol–water partition coefficient (Wildman–Crippen LogP) is 5.83. The fraction of sp³-hybridized carbons (Fsp3) is 0.440. The summed E-state index contributed by atoms with van der Waals surface area (Å²) < 4.78 is 12.9. The van der Waals surface area contributed by atoms with E-state index < -0.39 is 0 Å². The molecule has 6 nitrogen and oxygen atoms in total. The second-order valence-corrected chi connectivity index (χ2v) is 10.5. The van der Waals surface area contributed by atoms with Crippen LogP contribution in [0.5, 0.6) is 11.5 Å². The van der Waals surface area contributed by atoms with Gasteiger partial charge in [-0.25, -0.2) is 0 Å². The van der Waals surface area contributed by atoms with Crippen molar-refractivity contribution in [1.82, 2.24) is 10.6 Å². The summed E-state index contributed by atoms with van der Waals surface area (Å²) in [6, 6.07) is 10.2. The first-order chi connectivity index (χ1) is 15.6. The average Bonchev–Trinajstić information content (AvgIpc) is 2.75. The minimum absolute atomic E-state index is 0.220. The zero-order valence-electron chi connectivity index (χ0n) is 19.7. The van der Waals surface area contributed by atoms with Crippen LogP contribution < -0.4 is 20.1 Å². The van der Waals surface area contributed by atoms with E-state index in [1.54, 1.807) is 36.4 Å². The molecule has 0 fully saturated rings. The molecule has 180 valence electrons. The van der Waals surface area contributed by atoms with Crippen molar-refractivity contribution in [2.75, 3.05) is 19.8 Å². The van der Waals surface area contributed by atoms with Gasteiger partial charge in [0.1, 0.15) is 11.5 Å². The van der Waals surface area contributed by atoms with Crippen LogP contribution in [0.25, 0.3) is 0 Å². The number of amides is 2. The van der Waals surface area contributed by atoms with E-state index in [9.17, 15) is 9.59 Å². The van der Waals surface area contributed by atoms with E-state index in [1.165, 1.54) is 0 Å². The van der Waals surface area contributed by atoms with Gasteiger partial charge in [0, 0.05) is 23.7 Å².